The topological polar surface area (TPSA) is 107 Å². The minimum absolute atomic E-state index is 0.208. The van der Waals surface area contributed by atoms with Crippen molar-refractivity contribution in [1.29, 1.82) is 0 Å². The Bertz CT molecular complexity index is 607. The van der Waals surface area contributed by atoms with E-state index in [1.165, 1.54) is 16.2 Å². The van der Waals surface area contributed by atoms with Crippen molar-refractivity contribution >= 4 is 29.3 Å². The monoisotopic (exact) mass is 401 g/mol. The highest BCUT2D eigenvalue weighted by molar-refractivity contribution is 7.09. The van der Waals surface area contributed by atoms with E-state index in [2.05, 4.69) is 10.3 Å². The van der Waals surface area contributed by atoms with E-state index in [0.717, 1.165) is 0 Å². The average molecular weight is 401 g/mol. The quantitative estimate of drug-likeness (QED) is 0.420. The number of thiazole rings is 1. The van der Waals surface area contributed by atoms with Crippen LogP contribution in [0.5, 0.6) is 0 Å². The third kappa shape index (κ3) is 8.83. The summed E-state index contributed by atoms with van der Waals surface area (Å²) in [5, 5.41) is 4.73. The van der Waals surface area contributed by atoms with Crippen LogP contribution in [0, 0.1) is 0 Å². The van der Waals surface area contributed by atoms with Crippen LogP contribution in [0.4, 0.5) is 4.79 Å². The van der Waals surface area contributed by atoms with Gasteiger partial charge in [-0.3, -0.25) is 4.79 Å². The summed E-state index contributed by atoms with van der Waals surface area (Å²) < 4.78 is 15.0. The molecule has 0 aliphatic heterocycles. The average Bonchev–Trinajstić information content (AvgIpc) is 3.11. The lowest BCUT2D eigenvalue weighted by atomic mass is 10.4. The lowest BCUT2D eigenvalue weighted by Gasteiger charge is -2.22. The van der Waals surface area contributed by atoms with Crippen molar-refractivity contribution in [3.63, 3.8) is 0 Å². The number of amides is 2. The van der Waals surface area contributed by atoms with E-state index in [1.54, 1.807) is 19.2 Å². The van der Waals surface area contributed by atoms with Gasteiger partial charge in [0.05, 0.1) is 19.8 Å². The van der Waals surface area contributed by atoms with Gasteiger partial charge in [0.2, 0.25) is 0 Å². The number of urea groups is 1. The fourth-order valence-corrected chi connectivity index (χ4v) is 2.85. The van der Waals surface area contributed by atoms with E-state index in [4.69, 9.17) is 14.2 Å². The second-order valence-corrected chi connectivity index (χ2v) is 6.23. The summed E-state index contributed by atoms with van der Waals surface area (Å²) in [6, 6.07) is -0.410. The first-order valence-corrected chi connectivity index (χ1v) is 9.77. The van der Waals surface area contributed by atoms with Gasteiger partial charge in [0.1, 0.15) is 11.6 Å². The lowest BCUT2D eigenvalue weighted by Crippen LogP contribution is -2.42. The minimum atomic E-state index is -0.501. The Morgan fingerprint density at radius 3 is 2.56 bits per heavy atom. The summed E-state index contributed by atoms with van der Waals surface area (Å²) in [7, 11) is 0. The van der Waals surface area contributed by atoms with Crippen LogP contribution in [-0.4, -0.2) is 67.4 Å². The maximum absolute atomic E-state index is 12.4. The minimum Gasteiger partial charge on any atom is -0.465 e. The van der Waals surface area contributed by atoms with Gasteiger partial charge >= 0.3 is 18.0 Å². The first-order chi connectivity index (χ1) is 13.0. The number of rotatable bonds is 12. The predicted octanol–water partition coefficient (Wildman–Crippen LogP) is 1.82. The summed E-state index contributed by atoms with van der Waals surface area (Å²) >= 11 is 1.27. The fourth-order valence-electron chi connectivity index (χ4n) is 2.07. The Morgan fingerprint density at radius 1 is 1.15 bits per heavy atom. The smallest absolute Gasteiger partial charge is 0.357 e. The van der Waals surface area contributed by atoms with Crippen LogP contribution in [0.15, 0.2) is 5.38 Å². The van der Waals surface area contributed by atoms with E-state index in [9.17, 15) is 14.4 Å². The molecule has 0 radical (unpaired) electrons. The number of aromatic nitrogens is 1. The number of esters is 2. The predicted molar refractivity (Wildman–Crippen MR) is 99.6 cm³/mol. The highest BCUT2D eigenvalue weighted by Gasteiger charge is 2.18. The molecule has 27 heavy (non-hydrogen) atoms. The molecule has 1 rings (SSSR count). The Labute approximate surface area is 163 Å². The third-order valence-electron chi connectivity index (χ3n) is 3.26. The van der Waals surface area contributed by atoms with Gasteiger partial charge in [-0.15, -0.1) is 11.3 Å². The fraction of sp³-hybridized carbons (Fsp3) is 0.647. The maximum Gasteiger partial charge on any atom is 0.357 e. The molecule has 0 atom stereocenters. The van der Waals surface area contributed by atoms with Gasteiger partial charge in [0.25, 0.3) is 0 Å². The maximum atomic E-state index is 12.4. The van der Waals surface area contributed by atoms with Gasteiger partial charge in [0, 0.05) is 25.1 Å². The molecule has 0 aliphatic carbocycles. The van der Waals surface area contributed by atoms with Crippen molar-refractivity contribution in [2.45, 2.75) is 33.7 Å². The van der Waals surface area contributed by atoms with Crippen molar-refractivity contribution in [1.82, 2.24) is 15.2 Å². The van der Waals surface area contributed by atoms with Gasteiger partial charge in [-0.05, 0) is 27.2 Å². The van der Waals surface area contributed by atoms with E-state index in [1.807, 2.05) is 6.92 Å². The van der Waals surface area contributed by atoms with Crippen LogP contribution >= 0.6 is 11.3 Å². The van der Waals surface area contributed by atoms with Crippen LogP contribution < -0.4 is 5.32 Å². The van der Waals surface area contributed by atoms with Gasteiger partial charge in [-0.25, -0.2) is 14.6 Å². The SMILES string of the molecule is CCOCCCN(Cc1nc(C(=O)OCC)cs1)C(=O)NCC(=O)OCC. The lowest BCUT2D eigenvalue weighted by molar-refractivity contribution is -0.141. The number of ether oxygens (including phenoxy) is 3. The molecule has 10 heteroatoms. The summed E-state index contributed by atoms with van der Waals surface area (Å²) in [6.45, 7) is 7.38. The molecule has 0 spiro atoms. The highest BCUT2D eigenvalue weighted by Crippen LogP contribution is 2.14. The highest BCUT2D eigenvalue weighted by atomic mass is 32.1. The summed E-state index contributed by atoms with van der Waals surface area (Å²) in [5.41, 5.74) is 0.220. The second kappa shape index (κ2) is 13.0. The summed E-state index contributed by atoms with van der Waals surface area (Å²) in [6.07, 6.45) is 0.636. The Hall–Kier alpha value is -2.20. The molecular formula is C17H27N3O6S. The Morgan fingerprint density at radius 2 is 1.89 bits per heavy atom. The van der Waals surface area contributed by atoms with E-state index in [-0.39, 0.29) is 32.0 Å². The molecule has 9 nitrogen and oxygen atoms in total. The van der Waals surface area contributed by atoms with Crippen molar-refractivity contribution in [2.75, 3.05) is 39.5 Å². The molecule has 152 valence electrons. The van der Waals surface area contributed by atoms with Crippen LogP contribution in [-0.2, 0) is 25.5 Å². The zero-order valence-corrected chi connectivity index (χ0v) is 16.8. The molecule has 0 unspecified atom stereocenters. The number of hydrogen-bond acceptors (Lipinski definition) is 8. The van der Waals surface area contributed by atoms with Gasteiger partial charge in [-0.2, -0.15) is 0 Å². The van der Waals surface area contributed by atoms with Gasteiger partial charge in [0.15, 0.2) is 5.69 Å². The first-order valence-electron chi connectivity index (χ1n) is 8.89. The van der Waals surface area contributed by atoms with Crippen molar-refractivity contribution < 1.29 is 28.6 Å². The zero-order valence-electron chi connectivity index (χ0n) is 16.0. The number of nitrogens with one attached hydrogen (secondary N) is 1. The standard InChI is InChI=1S/C17H27N3O6S/c1-4-24-9-7-8-20(17(23)18-10-15(21)25-5-2)11-14-19-13(12-27-14)16(22)26-6-3/h12H,4-11H2,1-3H3,(H,18,23). The second-order valence-electron chi connectivity index (χ2n) is 5.28. The molecule has 0 saturated heterocycles. The molecule has 1 aromatic rings. The number of carbonyl (C=O) groups excluding carboxylic acids is 3. The molecule has 2 amide bonds. The van der Waals surface area contributed by atoms with Crippen LogP contribution in [0.1, 0.15) is 42.7 Å². The van der Waals surface area contributed by atoms with Gasteiger partial charge < -0.3 is 24.4 Å². The molecular weight excluding hydrogens is 374 g/mol. The molecule has 0 saturated carbocycles. The van der Waals surface area contributed by atoms with Crippen molar-refractivity contribution in [2.24, 2.45) is 0 Å². The molecule has 1 N–H and O–H groups in total. The normalized spacial score (nSPS) is 10.3. The van der Waals surface area contributed by atoms with E-state index < -0.39 is 18.0 Å². The largest absolute Gasteiger partial charge is 0.465 e. The number of carbonyl (C=O) groups is 3. The summed E-state index contributed by atoms with van der Waals surface area (Å²) in [5.74, 6) is -0.992. The Balaban J connectivity index is 2.68. The van der Waals surface area contributed by atoms with Crippen LogP contribution in [0.25, 0.3) is 0 Å². The number of hydrogen-bond donors (Lipinski definition) is 1. The third-order valence-corrected chi connectivity index (χ3v) is 4.09. The zero-order chi connectivity index (χ0) is 20.1. The van der Waals surface area contributed by atoms with E-state index in [0.29, 0.717) is 31.2 Å². The van der Waals surface area contributed by atoms with Crippen LogP contribution in [0.2, 0.25) is 0 Å². The Kier molecular flexibility index (Phi) is 11.0. The molecule has 0 bridgehead atoms. The number of nitrogens with zero attached hydrogens (tertiary/aromatic N) is 2. The molecule has 1 heterocycles. The molecule has 0 aromatic carbocycles. The van der Waals surface area contributed by atoms with Crippen LogP contribution in [0.3, 0.4) is 0 Å². The molecule has 0 fully saturated rings. The van der Waals surface area contributed by atoms with Crippen molar-refractivity contribution in [3.8, 4) is 0 Å². The molecule has 0 aliphatic rings. The first kappa shape index (κ1) is 22.8. The van der Waals surface area contributed by atoms with Gasteiger partial charge in [-0.1, -0.05) is 0 Å². The van der Waals surface area contributed by atoms with E-state index >= 15 is 0 Å². The molecule has 1 aromatic heterocycles. The summed E-state index contributed by atoms with van der Waals surface area (Å²) in [4.78, 5) is 41.3. The van der Waals surface area contributed by atoms with Crippen molar-refractivity contribution in [3.05, 3.63) is 16.1 Å².